The zero-order valence-electron chi connectivity index (χ0n) is 13.7. The van der Waals surface area contributed by atoms with E-state index in [9.17, 15) is 9.59 Å². The van der Waals surface area contributed by atoms with Crippen molar-refractivity contribution in [2.24, 2.45) is 5.73 Å². The van der Waals surface area contributed by atoms with Crippen LogP contribution >= 0.6 is 0 Å². The summed E-state index contributed by atoms with van der Waals surface area (Å²) >= 11 is 0. The van der Waals surface area contributed by atoms with Crippen molar-refractivity contribution in [3.63, 3.8) is 0 Å². The van der Waals surface area contributed by atoms with Crippen molar-refractivity contribution in [2.75, 3.05) is 11.4 Å². The summed E-state index contributed by atoms with van der Waals surface area (Å²) in [6.45, 7) is 0.561. The predicted molar refractivity (Wildman–Crippen MR) is 93.4 cm³/mol. The van der Waals surface area contributed by atoms with Crippen LogP contribution < -0.4 is 10.6 Å². The van der Waals surface area contributed by atoms with Gasteiger partial charge >= 0.3 is 12.1 Å². The molecule has 1 aliphatic heterocycles. The molecule has 0 radical (unpaired) electrons. The molecule has 6 nitrogen and oxygen atoms in total. The first-order valence-corrected chi connectivity index (χ1v) is 8.12. The first kappa shape index (κ1) is 17.0. The summed E-state index contributed by atoms with van der Waals surface area (Å²) in [6, 6.07) is 15.9. The van der Waals surface area contributed by atoms with Gasteiger partial charge in [0.25, 0.3) is 0 Å². The number of para-hydroxylation sites is 1. The van der Waals surface area contributed by atoms with Crippen molar-refractivity contribution < 1.29 is 19.4 Å². The number of carboxylic acids is 1. The Bertz CT molecular complexity index is 763. The number of ether oxygens (including phenoxy) is 1. The van der Waals surface area contributed by atoms with Gasteiger partial charge in [-0.05, 0) is 23.6 Å². The van der Waals surface area contributed by atoms with Crippen LogP contribution in [0.15, 0.2) is 54.6 Å². The minimum atomic E-state index is -1.04. The number of carboxylic acid groups (broad SMARTS) is 1. The van der Waals surface area contributed by atoms with E-state index in [0.717, 1.165) is 16.8 Å². The number of aliphatic carboxylic acids is 1. The van der Waals surface area contributed by atoms with Crippen molar-refractivity contribution in [1.29, 1.82) is 0 Å². The van der Waals surface area contributed by atoms with Crippen LogP contribution in [0.2, 0.25) is 0 Å². The van der Waals surface area contributed by atoms with Gasteiger partial charge in [-0.15, -0.1) is 0 Å². The zero-order valence-corrected chi connectivity index (χ0v) is 13.7. The van der Waals surface area contributed by atoms with Crippen LogP contribution in [-0.4, -0.2) is 29.8 Å². The van der Waals surface area contributed by atoms with E-state index in [1.807, 2.05) is 54.6 Å². The number of fused-ring (bicyclic) bond motifs is 1. The maximum absolute atomic E-state index is 12.5. The summed E-state index contributed by atoms with van der Waals surface area (Å²) in [5.41, 5.74) is 8.27. The van der Waals surface area contributed by atoms with Crippen LogP contribution in [0.25, 0.3) is 0 Å². The highest BCUT2D eigenvalue weighted by molar-refractivity contribution is 5.91. The van der Waals surface area contributed by atoms with Crippen molar-refractivity contribution in [1.82, 2.24) is 0 Å². The van der Waals surface area contributed by atoms with Gasteiger partial charge < -0.3 is 15.6 Å². The maximum Gasteiger partial charge on any atom is 0.414 e. The Morgan fingerprint density at radius 2 is 1.84 bits per heavy atom. The number of rotatable bonds is 5. The standard InChI is InChI=1S/C19H20N2O4/c20-16(18(22)23)10-14-11-21(17-9-5-4-8-15(14)17)19(24)25-12-13-6-2-1-3-7-13/h1-9,14,16H,10-12,20H2,(H,22,23)/t14?,16-/m0/s1. The molecule has 3 N–H and O–H groups in total. The van der Waals surface area contributed by atoms with Gasteiger partial charge in [0.05, 0.1) is 5.69 Å². The first-order valence-electron chi connectivity index (χ1n) is 8.12. The Labute approximate surface area is 145 Å². The quantitative estimate of drug-likeness (QED) is 0.873. The number of nitrogens with zero attached hydrogens (tertiary/aromatic N) is 1. The summed E-state index contributed by atoms with van der Waals surface area (Å²) in [7, 11) is 0. The third kappa shape index (κ3) is 3.80. The number of hydrogen-bond donors (Lipinski definition) is 2. The molecule has 3 rings (SSSR count). The van der Waals surface area contributed by atoms with Crippen LogP contribution in [0.5, 0.6) is 0 Å². The Balaban J connectivity index is 1.71. The first-order chi connectivity index (χ1) is 12.1. The summed E-state index contributed by atoms with van der Waals surface area (Å²) in [5, 5.41) is 9.05. The summed E-state index contributed by atoms with van der Waals surface area (Å²) in [4.78, 5) is 25.1. The third-order valence-corrected chi connectivity index (χ3v) is 4.35. The topological polar surface area (TPSA) is 92.9 Å². The van der Waals surface area contributed by atoms with E-state index in [2.05, 4.69) is 0 Å². The number of amides is 1. The number of carbonyl (C=O) groups excluding carboxylic acids is 1. The largest absolute Gasteiger partial charge is 0.480 e. The van der Waals surface area contributed by atoms with Gasteiger partial charge in [-0.3, -0.25) is 9.69 Å². The molecule has 2 aromatic carbocycles. The van der Waals surface area contributed by atoms with Crippen molar-refractivity contribution in [3.8, 4) is 0 Å². The van der Waals surface area contributed by atoms with Crippen molar-refractivity contribution in [3.05, 3.63) is 65.7 Å². The molecule has 1 aliphatic rings. The van der Waals surface area contributed by atoms with E-state index >= 15 is 0 Å². The molecule has 2 atom stereocenters. The maximum atomic E-state index is 12.5. The number of anilines is 1. The molecule has 0 bridgehead atoms. The molecule has 0 fully saturated rings. The summed E-state index contributed by atoms with van der Waals surface area (Å²) in [6.07, 6.45) is -0.169. The molecule has 0 aromatic heterocycles. The summed E-state index contributed by atoms with van der Waals surface area (Å²) < 4.78 is 5.41. The smallest absolute Gasteiger partial charge is 0.414 e. The van der Waals surface area contributed by atoms with Gasteiger partial charge in [-0.2, -0.15) is 0 Å². The van der Waals surface area contributed by atoms with Gasteiger partial charge in [0.2, 0.25) is 0 Å². The number of nitrogens with two attached hydrogens (primary N) is 1. The van der Waals surface area contributed by atoms with E-state index in [-0.39, 0.29) is 18.9 Å². The Hall–Kier alpha value is -2.86. The van der Waals surface area contributed by atoms with Crippen LogP contribution in [0.4, 0.5) is 10.5 Å². The molecule has 130 valence electrons. The van der Waals surface area contributed by atoms with E-state index < -0.39 is 18.1 Å². The Morgan fingerprint density at radius 3 is 2.56 bits per heavy atom. The lowest BCUT2D eigenvalue weighted by molar-refractivity contribution is -0.138. The molecule has 6 heteroatoms. The van der Waals surface area contributed by atoms with E-state index in [0.29, 0.717) is 6.54 Å². The second kappa shape index (κ2) is 7.36. The Morgan fingerprint density at radius 1 is 1.16 bits per heavy atom. The normalized spacial score (nSPS) is 17.0. The van der Waals surface area contributed by atoms with Gasteiger partial charge in [0.1, 0.15) is 12.6 Å². The number of benzene rings is 2. The molecule has 1 amide bonds. The highest BCUT2D eigenvalue weighted by atomic mass is 16.6. The average molecular weight is 340 g/mol. The molecular formula is C19H20N2O4. The van der Waals surface area contributed by atoms with Crippen LogP contribution in [0.3, 0.4) is 0 Å². The number of carbonyl (C=O) groups is 2. The van der Waals surface area contributed by atoms with Gasteiger partial charge in [0, 0.05) is 12.5 Å². The fourth-order valence-electron chi connectivity index (χ4n) is 3.07. The van der Waals surface area contributed by atoms with Crippen LogP contribution in [-0.2, 0) is 16.1 Å². The molecule has 0 saturated heterocycles. The molecule has 0 spiro atoms. The molecular weight excluding hydrogens is 320 g/mol. The minimum Gasteiger partial charge on any atom is -0.480 e. The zero-order chi connectivity index (χ0) is 17.8. The third-order valence-electron chi connectivity index (χ3n) is 4.35. The number of hydrogen-bond acceptors (Lipinski definition) is 4. The summed E-state index contributed by atoms with van der Waals surface area (Å²) in [5.74, 6) is -1.16. The van der Waals surface area contributed by atoms with Gasteiger partial charge in [-0.1, -0.05) is 48.5 Å². The molecule has 1 heterocycles. The van der Waals surface area contributed by atoms with Gasteiger partial charge in [-0.25, -0.2) is 4.79 Å². The fraction of sp³-hybridized carbons (Fsp3) is 0.263. The van der Waals surface area contributed by atoms with Gasteiger partial charge in [0.15, 0.2) is 0 Å². The fourth-order valence-corrected chi connectivity index (χ4v) is 3.07. The van der Waals surface area contributed by atoms with Crippen LogP contribution in [0.1, 0.15) is 23.5 Å². The second-order valence-corrected chi connectivity index (χ2v) is 6.09. The second-order valence-electron chi connectivity index (χ2n) is 6.09. The van der Waals surface area contributed by atoms with Crippen LogP contribution in [0, 0.1) is 0 Å². The molecule has 0 saturated carbocycles. The predicted octanol–water partition coefficient (Wildman–Crippen LogP) is 2.73. The van der Waals surface area contributed by atoms with Crippen molar-refractivity contribution in [2.45, 2.75) is 25.0 Å². The lowest BCUT2D eigenvalue weighted by Gasteiger charge is -2.18. The molecule has 25 heavy (non-hydrogen) atoms. The lowest BCUT2D eigenvalue weighted by atomic mass is 9.94. The van der Waals surface area contributed by atoms with E-state index in [1.165, 1.54) is 0 Å². The Kier molecular flexibility index (Phi) is 5.00. The highest BCUT2D eigenvalue weighted by Crippen LogP contribution is 2.38. The highest BCUT2D eigenvalue weighted by Gasteiger charge is 2.34. The molecule has 2 aromatic rings. The molecule has 0 aliphatic carbocycles. The average Bonchev–Trinajstić information content (AvgIpc) is 2.99. The SMILES string of the molecule is N[C@@H](CC1CN(C(=O)OCc2ccccc2)c2ccccc21)C(=O)O. The monoisotopic (exact) mass is 340 g/mol. The molecule has 1 unspecified atom stereocenters. The van der Waals surface area contributed by atoms with E-state index in [4.69, 9.17) is 15.6 Å². The minimum absolute atomic E-state index is 0.119. The van der Waals surface area contributed by atoms with Crippen molar-refractivity contribution >= 4 is 17.7 Å². The van der Waals surface area contributed by atoms with E-state index in [1.54, 1.807) is 4.90 Å². The lowest BCUT2D eigenvalue weighted by Crippen LogP contribution is -2.34.